The third-order valence-electron chi connectivity index (χ3n) is 3.33. The Kier molecular flexibility index (Phi) is 4.42. The van der Waals surface area contributed by atoms with Crippen molar-refractivity contribution in [3.05, 3.63) is 29.8 Å². The van der Waals surface area contributed by atoms with Crippen LogP contribution in [0.2, 0.25) is 0 Å². The Balaban J connectivity index is 2.41. The quantitative estimate of drug-likeness (QED) is 0.825. The zero-order valence-electron chi connectivity index (χ0n) is 11.3. The average molecular weight is 298 g/mol. The summed E-state index contributed by atoms with van der Waals surface area (Å²) in [6, 6.07) is 5.89. The van der Waals surface area contributed by atoms with Crippen LogP contribution < -0.4 is 5.73 Å². The van der Waals surface area contributed by atoms with E-state index in [9.17, 15) is 13.2 Å². The van der Waals surface area contributed by atoms with Crippen LogP contribution in [0.4, 0.5) is 0 Å². The minimum Gasteiger partial charge on any atom is -0.465 e. The van der Waals surface area contributed by atoms with E-state index in [1.54, 1.807) is 12.1 Å². The second-order valence-corrected chi connectivity index (χ2v) is 6.66. The van der Waals surface area contributed by atoms with E-state index in [4.69, 9.17) is 5.73 Å². The standard InChI is InChI=1S/C13H18N2O4S/c1-19-13(16)11-6-2-3-7-12(11)20(17,18)15-8-4-5-10(14)9-15/h2-3,6-7,10H,4-5,8-9,14H2,1H3. The summed E-state index contributed by atoms with van der Waals surface area (Å²) in [5, 5.41) is 0. The van der Waals surface area contributed by atoms with E-state index in [-0.39, 0.29) is 23.0 Å². The Morgan fingerprint density at radius 1 is 1.40 bits per heavy atom. The van der Waals surface area contributed by atoms with Crippen molar-refractivity contribution < 1.29 is 17.9 Å². The van der Waals surface area contributed by atoms with Gasteiger partial charge in [-0.15, -0.1) is 0 Å². The molecule has 0 spiro atoms. The molecule has 1 atom stereocenters. The zero-order valence-corrected chi connectivity index (χ0v) is 12.1. The molecule has 1 aliphatic rings. The third kappa shape index (κ3) is 2.84. The first-order valence-corrected chi connectivity index (χ1v) is 7.84. The number of hydrogen-bond donors (Lipinski definition) is 1. The van der Waals surface area contributed by atoms with Crippen molar-refractivity contribution in [2.75, 3.05) is 20.2 Å². The fourth-order valence-corrected chi connectivity index (χ4v) is 4.02. The van der Waals surface area contributed by atoms with Crippen molar-refractivity contribution in [2.45, 2.75) is 23.8 Å². The Labute approximate surface area is 118 Å². The van der Waals surface area contributed by atoms with Crippen molar-refractivity contribution in [2.24, 2.45) is 5.73 Å². The minimum atomic E-state index is -3.73. The molecule has 0 bridgehead atoms. The van der Waals surface area contributed by atoms with Gasteiger partial charge < -0.3 is 10.5 Å². The molecule has 1 heterocycles. The van der Waals surface area contributed by atoms with Gasteiger partial charge in [-0.1, -0.05) is 12.1 Å². The molecule has 1 saturated heterocycles. The number of benzene rings is 1. The number of sulfonamides is 1. The minimum absolute atomic E-state index is 0.0269. The number of esters is 1. The lowest BCUT2D eigenvalue weighted by molar-refractivity contribution is 0.0596. The Hall–Kier alpha value is -1.44. The van der Waals surface area contributed by atoms with Crippen LogP contribution in [0, 0.1) is 0 Å². The van der Waals surface area contributed by atoms with Crippen LogP contribution in [0.25, 0.3) is 0 Å². The van der Waals surface area contributed by atoms with E-state index in [1.165, 1.54) is 23.5 Å². The smallest absolute Gasteiger partial charge is 0.339 e. The predicted octanol–water partition coefficient (Wildman–Crippen LogP) is 0.585. The van der Waals surface area contributed by atoms with Gasteiger partial charge in [0, 0.05) is 19.1 Å². The topological polar surface area (TPSA) is 89.7 Å². The Morgan fingerprint density at radius 3 is 2.75 bits per heavy atom. The number of piperidine rings is 1. The van der Waals surface area contributed by atoms with Crippen LogP contribution in [0.15, 0.2) is 29.2 Å². The predicted molar refractivity (Wildman–Crippen MR) is 73.7 cm³/mol. The monoisotopic (exact) mass is 298 g/mol. The molecule has 1 fully saturated rings. The maximum absolute atomic E-state index is 12.6. The second kappa shape index (κ2) is 5.90. The van der Waals surface area contributed by atoms with Gasteiger partial charge in [0.2, 0.25) is 10.0 Å². The molecule has 1 aromatic carbocycles. The highest BCUT2D eigenvalue weighted by Crippen LogP contribution is 2.23. The van der Waals surface area contributed by atoms with Crippen LogP contribution in [0.3, 0.4) is 0 Å². The molecule has 1 aliphatic heterocycles. The molecule has 0 aromatic heterocycles. The summed E-state index contributed by atoms with van der Waals surface area (Å²) in [5.41, 5.74) is 5.88. The molecular formula is C13H18N2O4S. The van der Waals surface area contributed by atoms with E-state index >= 15 is 0 Å². The van der Waals surface area contributed by atoms with Gasteiger partial charge in [0.15, 0.2) is 0 Å². The molecule has 1 unspecified atom stereocenters. The van der Waals surface area contributed by atoms with Gasteiger partial charge in [-0.3, -0.25) is 0 Å². The maximum Gasteiger partial charge on any atom is 0.339 e. The number of rotatable bonds is 3. The SMILES string of the molecule is COC(=O)c1ccccc1S(=O)(=O)N1CCCC(N)C1. The van der Waals surface area contributed by atoms with Gasteiger partial charge in [-0.25, -0.2) is 13.2 Å². The number of nitrogens with zero attached hydrogens (tertiary/aromatic N) is 1. The first-order chi connectivity index (χ1) is 9.46. The molecule has 2 N–H and O–H groups in total. The van der Waals surface area contributed by atoms with Gasteiger partial charge in [0.25, 0.3) is 0 Å². The maximum atomic E-state index is 12.6. The van der Waals surface area contributed by atoms with Gasteiger partial charge in [-0.05, 0) is 25.0 Å². The molecule has 20 heavy (non-hydrogen) atoms. The molecule has 0 amide bonds. The summed E-state index contributed by atoms with van der Waals surface area (Å²) in [6.07, 6.45) is 1.53. The Bertz CT molecular complexity index is 600. The summed E-state index contributed by atoms with van der Waals surface area (Å²) in [4.78, 5) is 11.7. The first-order valence-electron chi connectivity index (χ1n) is 6.40. The molecule has 0 saturated carbocycles. The first kappa shape index (κ1) is 15.0. The fraction of sp³-hybridized carbons (Fsp3) is 0.462. The van der Waals surface area contributed by atoms with Crippen LogP contribution in [-0.4, -0.2) is 44.9 Å². The highest BCUT2D eigenvalue weighted by Gasteiger charge is 2.31. The van der Waals surface area contributed by atoms with Crippen molar-refractivity contribution in [3.63, 3.8) is 0 Å². The molecule has 110 valence electrons. The van der Waals surface area contributed by atoms with Crippen LogP contribution in [0.5, 0.6) is 0 Å². The third-order valence-corrected chi connectivity index (χ3v) is 5.25. The van der Waals surface area contributed by atoms with E-state index < -0.39 is 16.0 Å². The fourth-order valence-electron chi connectivity index (χ4n) is 2.30. The summed E-state index contributed by atoms with van der Waals surface area (Å²) < 4.78 is 31.2. The lowest BCUT2D eigenvalue weighted by Gasteiger charge is -2.30. The van der Waals surface area contributed by atoms with E-state index in [2.05, 4.69) is 4.74 Å². The summed E-state index contributed by atoms with van der Waals surface area (Å²) >= 11 is 0. The van der Waals surface area contributed by atoms with Crippen molar-refractivity contribution >= 4 is 16.0 Å². The number of carbonyl (C=O) groups is 1. The molecule has 2 rings (SSSR count). The number of hydrogen-bond acceptors (Lipinski definition) is 5. The van der Waals surface area contributed by atoms with E-state index in [0.717, 1.165) is 12.8 Å². The van der Waals surface area contributed by atoms with E-state index in [1.807, 2.05) is 0 Å². The van der Waals surface area contributed by atoms with Crippen molar-refractivity contribution in [1.82, 2.24) is 4.31 Å². The molecule has 0 radical (unpaired) electrons. The van der Waals surface area contributed by atoms with Gasteiger partial charge in [0.05, 0.1) is 17.6 Å². The zero-order chi connectivity index (χ0) is 14.8. The van der Waals surface area contributed by atoms with Crippen molar-refractivity contribution in [1.29, 1.82) is 0 Å². The highest BCUT2D eigenvalue weighted by molar-refractivity contribution is 7.89. The highest BCUT2D eigenvalue weighted by atomic mass is 32.2. The lowest BCUT2D eigenvalue weighted by atomic mass is 10.1. The van der Waals surface area contributed by atoms with Crippen LogP contribution in [-0.2, 0) is 14.8 Å². The summed E-state index contributed by atoms with van der Waals surface area (Å²) in [5.74, 6) is -0.662. The van der Waals surface area contributed by atoms with Crippen LogP contribution >= 0.6 is 0 Å². The lowest BCUT2D eigenvalue weighted by Crippen LogP contribution is -2.45. The second-order valence-electron chi connectivity index (χ2n) is 4.75. The van der Waals surface area contributed by atoms with E-state index in [0.29, 0.717) is 6.54 Å². The number of nitrogens with two attached hydrogens (primary N) is 1. The number of methoxy groups -OCH3 is 1. The number of ether oxygens (including phenoxy) is 1. The molecule has 7 heteroatoms. The molecular weight excluding hydrogens is 280 g/mol. The molecule has 0 aliphatic carbocycles. The summed E-state index contributed by atoms with van der Waals surface area (Å²) in [7, 11) is -2.50. The molecule has 1 aromatic rings. The van der Waals surface area contributed by atoms with Crippen LogP contribution in [0.1, 0.15) is 23.2 Å². The average Bonchev–Trinajstić information content (AvgIpc) is 2.46. The normalized spacial score (nSPS) is 20.6. The van der Waals surface area contributed by atoms with Gasteiger partial charge in [-0.2, -0.15) is 4.31 Å². The van der Waals surface area contributed by atoms with Crippen molar-refractivity contribution in [3.8, 4) is 0 Å². The summed E-state index contributed by atoms with van der Waals surface area (Å²) in [6.45, 7) is 0.698. The Morgan fingerprint density at radius 2 is 2.10 bits per heavy atom. The van der Waals surface area contributed by atoms with Gasteiger partial charge >= 0.3 is 5.97 Å². The molecule has 6 nitrogen and oxygen atoms in total. The largest absolute Gasteiger partial charge is 0.465 e. The van der Waals surface area contributed by atoms with Gasteiger partial charge in [0.1, 0.15) is 0 Å². The number of carbonyl (C=O) groups excluding carboxylic acids is 1.